The zero-order valence-corrected chi connectivity index (χ0v) is 9.64. The summed E-state index contributed by atoms with van der Waals surface area (Å²) in [6.07, 6.45) is 1.60. The van der Waals surface area contributed by atoms with E-state index in [1.165, 1.54) is 10.5 Å². The van der Waals surface area contributed by atoms with Crippen molar-refractivity contribution >= 4 is 17.7 Å². The molecule has 1 atom stereocenters. The summed E-state index contributed by atoms with van der Waals surface area (Å²) in [6, 6.07) is 8.55. The minimum absolute atomic E-state index is 0.140. The van der Waals surface area contributed by atoms with E-state index in [-0.39, 0.29) is 11.9 Å². The van der Waals surface area contributed by atoms with Crippen LogP contribution in [0.1, 0.15) is 31.4 Å². The minimum Gasteiger partial charge on any atom is -0.349 e. The first-order valence-corrected chi connectivity index (χ1v) is 6.31. The van der Waals surface area contributed by atoms with Crippen LogP contribution in [0.5, 0.6) is 0 Å². The monoisotopic (exact) mass is 221 g/mol. The lowest BCUT2D eigenvalue weighted by molar-refractivity contribution is -0.121. The highest BCUT2D eigenvalue weighted by Gasteiger charge is 2.20. The Balaban J connectivity index is 2.18. The number of rotatable bonds is 2. The molecule has 0 aromatic heterocycles. The quantitative estimate of drug-likeness (QED) is 0.832. The summed E-state index contributed by atoms with van der Waals surface area (Å²) < 4.78 is 0. The molecule has 1 unspecified atom stereocenters. The smallest absolute Gasteiger partial charge is 0.220 e. The summed E-state index contributed by atoms with van der Waals surface area (Å²) in [5, 5.41) is 3.07. The molecule has 1 amide bonds. The molecule has 80 valence electrons. The fraction of sp³-hybridized carbons (Fsp3) is 0.417. The number of nitrogens with one attached hydrogen (secondary N) is 1. The van der Waals surface area contributed by atoms with Crippen molar-refractivity contribution in [2.24, 2.45) is 0 Å². The number of benzene rings is 1. The number of amides is 1. The molecule has 2 rings (SSSR count). The maximum absolute atomic E-state index is 11.4. The van der Waals surface area contributed by atoms with Gasteiger partial charge < -0.3 is 5.32 Å². The first-order valence-electron chi connectivity index (χ1n) is 5.32. The van der Waals surface area contributed by atoms with Crippen LogP contribution in [-0.2, 0) is 4.79 Å². The zero-order chi connectivity index (χ0) is 10.7. The van der Waals surface area contributed by atoms with Crippen molar-refractivity contribution in [3.63, 3.8) is 0 Å². The Hall–Kier alpha value is -0.960. The van der Waals surface area contributed by atoms with Gasteiger partial charge in [0.1, 0.15) is 0 Å². The van der Waals surface area contributed by atoms with Crippen molar-refractivity contribution in [3.8, 4) is 0 Å². The molecule has 1 aliphatic rings. The van der Waals surface area contributed by atoms with Gasteiger partial charge in [0.15, 0.2) is 0 Å². The number of fused-ring (bicyclic) bond motifs is 1. The highest BCUT2D eigenvalue weighted by molar-refractivity contribution is 7.99. The maximum Gasteiger partial charge on any atom is 0.220 e. The Morgan fingerprint density at radius 3 is 3.13 bits per heavy atom. The summed E-state index contributed by atoms with van der Waals surface area (Å²) in [5.41, 5.74) is 1.27. The number of thioether (sulfide) groups is 1. The third-order valence-electron chi connectivity index (χ3n) is 2.61. The van der Waals surface area contributed by atoms with Crippen LogP contribution >= 0.6 is 11.8 Å². The maximum atomic E-state index is 11.4. The second kappa shape index (κ2) is 4.71. The SMILES string of the molecule is CCC(=O)NC1CCSc2ccccc21. The third kappa shape index (κ3) is 2.34. The topological polar surface area (TPSA) is 29.1 Å². The van der Waals surface area contributed by atoms with Crippen molar-refractivity contribution < 1.29 is 4.79 Å². The Kier molecular flexibility index (Phi) is 3.31. The molecule has 1 aromatic carbocycles. The van der Waals surface area contributed by atoms with Crippen molar-refractivity contribution in [2.45, 2.75) is 30.7 Å². The molecule has 0 radical (unpaired) electrons. The van der Waals surface area contributed by atoms with E-state index in [0.717, 1.165) is 12.2 Å². The van der Waals surface area contributed by atoms with Gasteiger partial charge in [0, 0.05) is 17.1 Å². The standard InChI is InChI=1S/C12H15NOS/c1-2-12(14)13-10-7-8-15-11-6-4-3-5-9(10)11/h3-6,10H,2,7-8H2,1H3,(H,13,14). The molecule has 1 N–H and O–H groups in total. The van der Waals surface area contributed by atoms with Gasteiger partial charge in [0.05, 0.1) is 6.04 Å². The molecular formula is C12H15NOS. The molecule has 0 bridgehead atoms. The Morgan fingerprint density at radius 2 is 2.33 bits per heavy atom. The van der Waals surface area contributed by atoms with E-state index in [1.54, 1.807) is 0 Å². The fourth-order valence-electron chi connectivity index (χ4n) is 1.79. The average Bonchev–Trinajstić information content (AvgIpc) is 2.29. The van der Waals surface area contributed by atoms with Crippen molar-refractivity contribution in [3.05, 3.63) is 29.8 Å². The number of carbonyl (C=O) groups excluding carboxylic acids is 1. The van der Waals surface area contributed by atoms with Gasteiger partial charge in [-0.3, -0.25) is 4.79 Å². The molecule has 1 aliphatic heterocycles. The predicted molar refractivity (Wildman–Crippen MR) is 63.0 cm³/mol. The minimum atomic E-state index is 0.140. The molecule has 0 aliphatic carbocycles. The number of hydrogen-bond donors (Lipinski definition) is 1. The van der Waals surface area contributed by atoms with E-state index in [2.05, 4.69) is 23.5 Å². The molecular weight excluding hydrogens is 206 g/mol. The van der Waals surface area contributed by atoms with Crippen LogP contribution in [0.4, 0.5) is 0 Å². The lowest BCUT2D eigenvalue weighted by Crippen LogP contribution is -2.29. The van der Waals surface area contributed by atoms with Gasteiger partial charge in [0.25, 0.3) is 0 Å². The van der Waals surface area contributed by atoms with Crippen LogP contribution in [0.2, 0.25) is 0 Å². The van der Waals surface area contributed by atoms with Gasteiger partial charge in [-0.15, -0.1) is 11.8 Å². The number of hydrogen-bond acceptors (Lipinski definition) is 2. The van der Waals surface area contributed by atoms with E-state index in [4.69, 9.17) is 0 Å². The van der Waals surface area contributed by atoms with Crippen LogP contribution in [-0.4, -0.2) is 11.7 Å². The molecule has 15 heavy (non-hydrogen) atoms. The second-order valence-corrected chi connectivity index (χ2v) is 4.79. The Bertz CT molecular complexity index is 364. The molecule has 1 heterocycles. The van der Waals surface area contributed by atoms with Gasteiger partial charge in [-0.2, -0.15) is 0 Å². The zero-order valence-electron chi connectivity index (χ0n) is 8.82. The Morgan fingerprint density at radius 1 is 1.53 bits per heavy atom. The average molecular weight is 221 g/mol. The molecule has 0 fully saturated rings. The van der Waals surface area contributed by atoms with Gasteiger partial charge in [-0.25, -0.2) is 0 Å². The summed E-state index contributed by atoms with van der Waals surface area (Å²) in [6.45, 7) is 1.89. The van der Waals surface area contributed by atoms with E-state index >= 15 is 0 Å². The highest BCUT2D eigenvalue weighted by Crippen LogP contribution is 2.35. The van der Waals surface area contributed by atoms with Crippen molar-refractivity contribution in [2.75, 3.05) is 5.75 Å². The number of carbonyl (C=O) groups is 1. The summed E-state index contributed by atoms with van der Waals surface area (Å²) in [7, 11) is 0. The van der Waals surface area contributed by atoms with Crippen LogP contribution in [0.3, 0.4) is 0 Å². The third-order valence-corrected chi connectivity index (χ3v) is 3.74. The molecule has 3 heteroatoms. The normalized spacial score (nSPS) is 19.4. The molecule has 0 spiro atoms. The van der Waals surface area contributed by atoms with Crippen LogP contribution in [0, 0.1) is 0 Å². The molecule has 0 saturated carbocycles. The van der Waals surface area contributed by atoms with Gasteiger partial charge in [0.2, 0.25) is 5.91 Å². The van der Waals surface area contributed by atoms with E-state index in [1.807, 2.05) is 24.8 Å². The summed E-state index contributed by atoms with van der Waals surface area (Å²) >= 11 is 1.88. The summed E-state index contributed by atoms with van der Waals surface area (Å²) in [4.78, 5) is 12.7. The molecule has 0 saturated heterocycles. The first-order chi connectivity index (χ1) is 7.31. The largest absolute Gasteiger partial charge is 0.349 e. The van der Waals surface area contributed by atoms with E-state index in [0.29, 0.717) is 6.42 Å². The van der Waals surface area contributed by atoms with Crippen LogP contribution < -0.4 is 5.32 Å². The predicted octanol–water partition coefficient (Wildman–Crippen LogP) is 2.75. The van der Waals surface area contributed by atoms with Crippen LogP contribution in [0.15, 0.2) is 29.2 Å². The fourth-order valence-corrected chi connectivity index (χ4v) is 2.91. The second-order valence-electron chi connectivity index (χ2n) is 3.65. The van der Waals surface area contributed by atoms with Crippen molar-refractivity contribution in [1.29, 1.82) is 0 Å². The first kappa shape index (κ1) is 10.6. The highest BCUT2D eigenvalue weighted by atomic mass is 32.2. The lowest BCUT2D eigenvalue weighted by Gasteiger charge is -2.25. The van der Waals surface area contributed by atoms with E-state index in [9.17, 15) is 4.79 Å². The van der Waals surface area contributed by atoms with E-state index < -0.39 is 0 Å². The van der Waals surface area contributed by atoms with Gasteiger partial charge in [-0.05, 0) is 18.1 Å². The van der Waals surface area contributed by atoms with Crippen LogP contribution in [0.25, 0.3) is 0 Å². The summed E-state index contributed by atoms with van der Waals surface area (Å²) in [5.74, 6) is 1.23. The molecule has 2 nitrogen and oxygen atoms in total. The van der Waals surface area contributed by atoms with Gasteiger partial charge >= 0.3 is 0 Å². The Labute approximate surface area is 94.4 Å². The van der Waals surface area contributed by atoms with Crippen molar-refractivity contribution in [1.82, 2.24) is 5.32 Å². The molecule has 1 aromatic rings. The lowest BCUT2D eigenvalue weighted by atomic mass is 10.0. The van der Waals surface area contributed by atoms with Gasteiger partial charge in [-0.1, -0.05) is 25.1 Å².